The minimum absolute atomic E-state index is 0.244. The second kappa shape index (κ2) is 6.41. The quantitative estimate of drug-likeness (QED) is 0.829. The third kappa shape index (κ3) is 3.59. The molecule has 0 aromatic heterocycles. The molecule has 0 aliphatic carbocycles. The van der Waals surface area contributed by atoms with Gasteiger partial charge in [-0.15, -0.1) is 0 Å². The third-order valence-corrected chi connectivity index (χ3v) is 2.79. The van der Waals surface area contributed by atoms with Crippen molar-refractivity contribution >= 4 is 0 Å². The summed E-state index contributed by atoms with van der Waals surface area (Å²) in [5.41, 5.74) is 3.95. The zero-order chi connectivity index (χ0) is 13.7. The summed E-state index contributed by atoms with van der Waals surface area (Å²) in [6.45, 7) is 2.07. The summed E-state index contributed by atoms with van der Waals surface area (Å²) < 4.78 is 26.6. The molecule has 1 N–H and O–H groups in total. The molecule has 2 nitrogen and oxygen atoms in total. The summed E-state index contributed by atoms with van der Waals surface area (Å²) in [6.07, 6.45) is 0. The van der Waals surface area contributed by atoms with Crippen LogP contribution in [0.3, 0.4) is 0 Å². The van der Waals surface area contributed by atoms with Gasteiger partial charge in [0.15, 0.2) is 11.6 Å². The molecule has 0 fully saturated rings. The molecule has 1 unspecified atom stereocenters. The lowest BCUT2D eigenvalue weighted by molar-refractivity contribution is 0.00617. The highest BCUT2D eigenvalue weighted by Gasteiger charge is 2.13. The van der Waals surface area contributed by atoms with Crippen LogP contribution in [-0.2, 0) is 11.4 Å². The van der Waals surface area contributed by atoms with Crippen molar-refractivity contribution in [1.29, 1.82) is 0 Å². The summed E-state index contributed by atoms with van der Waals surface area (Å²) in [5.74, 6) is -1.69. The van der Waals surface area contributed by atoms with Gasteiger partial charge in [0.2, 0.25) is 0 Å². The van der Waals surface area contributed by atoms with Gasteiger partial charge in [-0.2, -0.15) is 5.48 Å². The number of hydrogen-bond acceptors (Lipinski definition) is 2. The van der Waals surface area contributed by atoms with E-state index >= 15 is 0 Å². The van der Waals surface area contributed by atoms with Gasteiger partial charge in [-0.1, -0.05) is 42.5 Å². The molecule has 4 heteroatoms. The summed E-state index contributed by atoms with van der Waals surface area (Å²) in [7, 11) is 0. The van der Waals surface area contributed by atoms with Gasteiger partial charge in [0, 0.05) is 5.56 Å². The average molecular weight is 263 g/mol. The van der Waals surface area contributed by atoms with Gasteiger partial charge >= 0.3 is 0 Å². The fraction of sp³-hybridized carbons (Fsp3) is 0.200. The van der Waals surface area contributed by atoms with E-state index in [0.29, 0.717) is 6.61 Å². The highest BCUT2D eigenvalue weighted by molar-refractivity contribution is 5.21. The molecule has 100 valence electrons. The molecule has 1 atom stereocenters. The fourth-order valence-corrected chi connectivity index (χ4v) is 1.74. The molecule has 0 amide bonds. The highest BCUT2D eigenvalue weighted by atomic mass is 19.2. The van der Waals surface area contributed by atoms with Gasteiger partial charge in [-0.05, 0) is 18.6 Å². The van der Waals surface area contributed by atoms with Crippen molar-refractivity contribution in [1.82, 2.24) is 5.48 Å². The Balaban J connectivity index is 1.91. The molecule has 2 aromatic carbocycles. The van der Waals surface area contributed by atoms with Crippen LogP contribution in [0, 0.1) is 11.6 Å². The number of benzene rings is 2. The molecule has 0 aliphatic rings. The van der Waals surface area contributed by atoms with E-state index in [1.54, 1.807) is 6.92 Å². The molecule has 0 saturated carbocycles. The van der Waals surface area contributed by atoms with Crippen LogP contribution in [-0.4, -0.2) is 0 Å². The van der Waals surface area contributed by atoms with Crippen LogP contribution in [0.5, 0.6) is 0 Å². The van der Waals surface area contributed by atoms with Gasteiger partial charge < -0.3 is 0 Å². The minimum Gasteiger partial charge on any atom is -0.296 e. The molecule has 0 bridgehead atoms. The van der Waals surface area contributed by atoms with E-state index in [1.807, 2.05) is 30.3 Å². The van der Waals surface area contributed by atoms with Crippen molar-refractivity contribution < 1.29 is 13.6 Å². The van der Waals surface area contributed by atoms with Crippen molar-refractivity contribution in [2.45, 2.75) is 19.6 Å². The molecule has 0 spiro atoms. The summed E-state index contributed by atoms with van der Waals surface area (Å²) in [4.78, 5) is 5.29. The second-order valence-electron chi connectivity index (χ2n) is 4.26. The Morgan fingerprint density at radius 1 is 1.05 bits per heavy atom. The predicted molar refractivity (Wildman–Crippen MR) is 69.1 cm³/mol. The maximum atomic E-state index is 13.5. The molecule has 2 rings (SSSR count). The van der Waals surface area contributed by atoms with Crippen LogP contribution >= 0.6 is 0 Å². The normalized spacial score (nSPS) is 12.4. The highest BCUT2D eigenvalue weighted by Crippen LogP contribution is 2.18. The monoisotopic (exact) mass is 263 g/mol. The summed E-state index contributed by atoms with van der Waals surface area (Å²) >= 11 is 0. The van der Waals surface area contributed by atoms with Crippen LogP contribution in [0.25, 0.3) is 0 Å². The van der Waals surface area contributed by atoms with Gasteiger partial charge in [0.05, 0.1) is 12.6 Å². The fourth-order valence-electron chi connectivity index (χ4n) is 1.74. The Morgan fingerprint density at radius 3 is 2.53 bits per heavy atom. The van der Waals surface area contributed by atoms with E-state index in [9.17, 15) is 8.78 Å². The first-order valence-corrected chi connectivity index (χ1v) is 6.03. The first-order chi connectivity index (χ1) is 9.18. The van der Waals surface area contributed by atoms with Crippen LogP contribution in [0.4, 0.5) is 8.78 Å². The SMILES string of the molecule is CC(NOCc1ccccc1)c1cccc(F)c1F. The smallest absolute Gasteiger partial charge is 0.163 e. The van der Waals surface area contributed by atoms with E-state index in [1.165, 1.54) is 12.1 Å². The summed E-state index contributed by atoms with van der Waals surface area (Å²) in [5, 5.41) is 0. The Hall–Kier alpha value is -1.78. The van der Waals surface area contributed by atoms with Crippen molar-refractivity contribution in [2.24, 2.45) is 0 Å². The second-order valence-corrected chi connectivity index (χ2v) is 4.26. The first-order valence-electron chi connectivity index (χ1n) is 6.03. The van der Waals surface area contributed by atoms with E-state index in [4.69, 9.17) is 4.84 Å². The Labute approximate surface area is 111 Å². The molecule has 2 aromatic rings. The largest absolute Gasteiger partial charge is 0.296 e. The first kappa shape index (κ1) is 13.6. The van der Waals surface area contributed by atoms with Crippen LogP contribution in [0.1, 0.15) is 24.1 Å². The van der Waals surface area contributed by atoms with Gasteiger partial charge in [0.25, 0.3) is 0 Å². The molecule has 0 saturated heterocycles. The van der Waals surface area contributed by atoms with Crippen LogP contribution < -0.4 is 5.48 Å². The lowest BCUT2D eigenvalue weighted by Crippen LogP contribution is -2.20. The minimum atomic E-state index is -0.853. The van der Waals surface area contributed by atoms with Gasteiger partial charge in [-0.25, -0.2) is 8.78 Å². The van der Waals surface area contributed by atoms with E-state index < -0.39 is 17.7 Å². The van der Waals surface area contributed by atoms with Gasteiger partial charge in [0.1, 0.15) is 0 Å². The van der Waals surface area contributed by atoms with Crippen molar-refractivity contribution in [3.8, 4) is 0 Å². The van der Waals surface area contributed by atoms with Crippen molar-refractivity contribution in [2.75, 3.05) is 0 Å². The van der Waals surface area contributed by atoms with Gasteiger partial charge in [-0.3, -0.25) is 4.84 Å². The lowest BCUT2D eigenvalue weighted by Gasteiger charge is -2.15. The Kier molecular flexibility index (Phi) is 4.60. The van der Waals surface area contributed by atoms with Crippen LogP contribution in [0.2, 0.25) is 0 Å². The maximum absolute atomic E-state index is 13.5. The lowest BCUT2D eigenvalue weighted by atomic mass is 10.1. The number of rotatable bonds is 5. The summed E-state index contributed by atoms with van der Waals surface area (Å²) in [6, 6.07) is 13.3. The number of hydrogen-bond donors (Lipinski definition) is 1. The number of hydroxylamine groups is 1. The molecular formula is C15H15F2NO. The zero-order valence-electron chi connectivity index (χ0n) is 10.6. The molecule has 0 radical (unpaired) electrons. The standard InChI is InChI=1S/C15H15F2NO/c1-11(13-8-5-9-14(16)15(13)17)18-19-10-12-6-3-2-4-7-12/h2-9,11,18H,10H2,1H3. The van der Waals surface area contributed by atoms with Crippen molar-refractivity contribution in [3.05, 3.63) is 71.3 Å². The van der Waals surface area contributed by atoms with Crippen molar-refractivity contribution in [3.63, 3.8) is 0 Å². The Bertz CT molecular complexity index is 531. The molecule has 0 aliphatic heterocycles. The zero-order valence-corrected chi connectivity index (χ0v) is 10.6. The Morgan fingerprint density at radius 2 is 1.79 bits per heavy atom. The molecular weight excluding hydrogens is 248 g/mol. The molecule has 19 heavy (non-hydrogen) atoms. The topological polar surface area (TPSA) is 21.3 Å². The van der Waals surface area contributed by atoms with E-state index in [-0.39, 0.29) is 5.56 Å². The maximum Gasteiger partial charge on any atom is 0.163 e. The molecule has 0 heterocycles. The predicted octanol–water partition coefficient (Wildman–Crippen LogP) is 3.75. The average Bonchev–Trinajstić information content (AvgIpc) is 2.43. The van der Waals surface area contributed by atoms with Crippen LogP contribution in [0.15, 0.2) is 48.5 Å². The third-order valence-electron chi connectivity index (χ3n) is 2.79. The number of nitrogens with one attached hydrogen (secondary N) is 1. The van der Waals surface area contributed by atoms with E-state index in [0.717, 1.165) is 11.6 Å². The number of halogens is 2. The van der Waals surface area contributed by atoms with E-state index in [2.05, 4.69) is 5.48 Å².